The molecule has 0 saturated carbocycles. The van der Waals surface area contributed by atoms with E-state index in [1.807, 2.05) is 24.3 Å². The van der Waals surface area contributed by atoms with Crippen molar-refractivity contribution in [3.8, 4) is 0 Å². The predicted octanol–water partition coefficient (Wildman–Crippen LogP) is 0.888. The summed E-state index contributed by atoms with van der Waals surface area (Å²) < 4.78 is 25.8. The van der Waals surface area contributed by atoms with Gasteiger partial charge in [-0.25, -0.2) is 13.1 Å². The molecule has 2 N–H and O–H groups in total. The second-order valence-electron chi connectivity index (χ2n) is 3.87. The van der Waals surface area contributed by atoms with E-state index in [0.717, 1.165) is 12.0 Å². The first-order valence-corrected chi connectivity index (χ1v) is 7.43. The minimum atomic E-state index is -3.18. The summed E-state index contributed by atoms with van der Waals surface area (Å²) in [5.74, 6) is 0.109. The summed E-state index contributed by atoms with van der Waals surface area (Å²) >= 11 is 0. The first kappa shape index (κ1) is 14.2. The molecule has 1 rings (SSSR count). The highest BCUT2D eigenvalue weighted by Gasteiger charge is 2.09. The van der Waals surface area contributed by atoms with Crippen LogP contribution in [0.4, 0.5) is 0 Å². The predicted molar refractivity (Wildman–Crippen MR) is 70.4 cm³/mol. The van der Waals surface area contributed by atoms with Crippen LogP contribution in [-0.4, -0.2) is 27.8 Å². The molecule has 0 saturated heterocycles. The normalized spacial score (nSPS) is 11.6. The molecular formula is C12H20N2O2S. The number of aryl methyl sites for hydroxylation is 1. The summed E-state index contributed by atoms with van der Waals surface area (Å²) in [5.41, 5.74) is 2.23. The average Bonchev–Trinajstić information content (AvgIpc) is 2.34. The average molecular weight is 256 g/mol. The van der Waals surface area contributed by atoms with E-state index in [-0.39, 0.29) is 5.75 Å². The molecule has 0 spiro atoms. The van der Waals surface area contributed by atoms with Crippen LogP contribution in [0.25, 0.3) is 0 Å². The minimum Gasteiger partial charge on any atom is -0.319 e. The Bertz CT molecular complexity index is 444. The quantitative estimate of drug-likeness (QED) is 0.761. The molecule has 96 valence electrons. The molecule has 0 atom stereocenters. The van der Waals surface area contributed by atoms with Gasteiger partial charge in [-0.05, 0) is 24.6 Å². The molecule has 0 heterocycles. The number of nitrogens with one attached hydrogen (secondary N) is 2. The second kappa shape index (κ2) is 6.74. The van der Waals surface area contributed by atoms with Gasteiger partial charge in [0.15, 0.2) is 0 Å². The Hall–Kier alpha value is -0.910. The van der Waals surface area contributed by atoms with Gasteiger partial charge in [-0.15, -0.1) is 0 Å². The fraction of sp³-hybridized carbons (Fsp3) is 0.500. The van der Waals surface area contributed by atoms with Crippen molar-refractivity contribution < 1.29 is 8.42 Å². The van der Waals surface area contributed by atoms with Gasteiger partial charge in [0.2, 0.25) is 10.0 Å². The lowest BCUT2D eigenvalue weighted by Crippen LogP contribution is -2.30. The highest BCUT2D eigenvalue weighted by atomic mass is 32.2. The van der Waals surface area contributed by atoms with E-state index in [1.165, 1.54) is 5.56 Å². The van der Waals surface area contributed by atoms with Gasteiger partial charge in [-0.2, -0.15) is 0 Å². The lowest BCUT2D eigenvalue weighted by molar-refractivity contribution is 0.578. The summed E-state index contributed by atoms with van der Waals surface area (Å²) in [6.45, 7) is 2.90. The number of hydrogen-bond acceptors (Lipinski definition) is 3. The molecule has 0 aromatic heterocycles. The number of sulfonamides is 1. The Kier molecular flexibility index (Phi) is 5.61. The monoisotopic (exact) mass is 256 g/mol. The summed E-state index contributed by atoms with van der Waals surface area (Å²) in [6.07, 6.45) is 0.911. The zero-order valence-electron chi connectivity index (χ0n) is 10.4. The topological polar surface area (TPSA) is 58.2 Å². The molecule has 0 aliphatic carbocycles. The Labute approximate surface area is 103 Å². The van der Waals surface area contributed by atoms with Crippen molar-refractivity contribution in [1.82, 2.24) is 10.0 Å². The van der Waals surface area contributed by atoms with E-state index in [1.54, 1.807) is 7.05 Å². The molecule has 1 aromatic rings. The Morgan fingerprint density at radius 3 is 2.41 bits per heavy atom. The zero-order valence-corrected chi connectivity index (χ0v) is 11.2. The van der Waals surface area contributed by atoms with Crippen LogP contribution in [0, 0.1) is 0 Å². The van der Waals surface area contributed by atoms with Crippen molar-refractivity contribution in [3.63, 3.8) is 0 Å². The number of hydrogen-bond donors (Lipinski definition) is 2. The van der Waals surface area contributed by atoms with Gasteiger partial charge < -0.3 is 5.32 Å². The van der Waals surface area contributed by atoms with Crippen LogP contribution in [-0.2, 0) is 23.0 Å². The van der Waals surface area contributed by atoms with Gasteiger partial charge in [0.05, 0.1) is 5.75 Å². The maximum atomic E-state index is 11.6. The molecule has 0 aliphatic heterocycles. The SMILES string of the molecule is CCc1ccccc1CNS(=O)(=O)CCNC. The first-order chi connectivity index (χ1) is 8.09. The molecule has 0 fully saturated rings. The van der Waals surface area contributed by atoms with Crippen molar-refractivity contribution in [2.75, 3.05) is 19.3 Å². The number of rotatable bonds is 7. The lowest BCUT2D eigenvalue weighted by Gasteiger charge is -2.09. The molecule has 0 amide bonds. The summed E-state index contributed by atoms with van der Waals surface area (Å²) in [6, 6.07) is 7.88. The highest BCUT2D eigenvalue weighted by molar-refractivity contribution is 7.89. The molecule has 0 unspecified atom stereocenters. The molecule has 17 heavy (non-hydrogen) atoms. The molecule has 0 bridgehead atoms. The maximum absolute atomic E-state index is 11.6. The fourth-order valence-corrected chi connectivity index (χ4v) is 2.56. The zero-order chi connectivity index (χ0) is 12.7. The molecular weight excluding hydrogens is 236 g/mol. The van der Waals surface area contributed by atoms with Gasteiger partial charge in [0, 0.05) is 13.1 Å². The molecule has 0 aliphatic rings. The van der Waals surface area contributed by atoms with E-state index in [9.17, 15) is 8.42 Å². The molecule has 5 heteroatoms. The smallest absolute Gasteiger partial charge is 0.213 e. The van der Waals surface area contributed by atoms with E-state index in [2.05, 4.69) is 17.0 Å². The van der Waals surface area contributed by atoms with Crippen molar-refractivity contribution in [2.24, 2.45) is 0 Å². The summed E-state index contributed by atoms with van der Waals surface area (Å²) in [5, 5.41) is 2.83. The third kappa shape index (κ3) is 4.85. The standard InChI is InChI=1S/C12H20N2O2S/c1-3-11-6-4-5-7-12(11)10-14-17(15,16)9-8-13-2/h4-7,13-14H,3,8-10H2,1-2H3. The van der Waals surface area contributed by atoms with Gasteiger partial charge in [-0.3, -0.25) is 0 Å². The lowest BCUT2D eigenvalue weighted by atomic mass is 10.1. The number of benzene rings is 1. The minimum absolute atomic E-state index is 0.109. The second-order valence-corrected chi connectivity index (χ2v) is 5.79. The fourth-order valence-electron chi connectivity index (χ4n) is 1.57. The first-order valence-electron chi connectivity index (χ1n) is 5.77. The van der Waals surface area contributed by atoms with Crippen LogP contribution in [0.15, 0.2) is 24.3 Å². The van der Waals surface area contributed by atoms with Crippen molar-refractivity contribution in [2.45, 2.75) is 19.9 Å². The van der Waals surface area contributed by atoms with Crippen molar-refractivity contribution in [3.05, 3.63) is 35.4 Å². The highest BCUT2D eigenvalue weighted by Crippen LogP contribution is 2.09. The van der Waals surface area contributed by atoms with Crippen LogP contribution in [0.1, 0.15) is 18.1 Å². The third-order valence-corrected chi connectivity index (χ3v) is 3.93. The van der Waals surface area contributed by atoms with E-state index < -0.39 is 10.0 Å². The van der Waals surface area contributed by atoms with E-state index in [4.69, 9.17) is 0 Å². The van der Waals surface area contributed by atoms with Crippen LogP contribution < -0.4 is 10.0 Å². The molecule has 0 radical (unpaired) electrons. The third-order valence-electron chi connectivity index (χ3n) is 2.60. The largest absolute Gasteiger partial charge is 0.319 e. The molecule has 1 aromatic carbocycles. The maximum Gasteiger partial charge on any atom is 0.213 e. The van der Waals surface area contributed by atoms with E-state index >= 15 is 0 Å². The van der Waals surface area contributed by atoms with Gasteiger partial charge in [-0.1, -0.05) is 31.2 Å². The van der Waals surface area contributed by atoms with E-state index in [0.29, 0.717) is 13.1 Å². The Morgan fingerprint density at radius 2 is 1.82 bits per heavy atom. The Morgan fingerprint density at radius 1 is 1.18 bits per heavy atom. The van der Waals surface area contributed by atoms with Crippen LogP contribution >= 0.6 is 0 Å². The van der Waals surface area contributed by atoms with Gasteiger partial charge in [0.1, 0.15) is 0 Å². The Balaban J connectivity index is 2.61. The van der Waals surface area contributed by atoms with Crippen LogP contribution in [0.2, 0.25) is 0 Å². The van der Waals surface area contributed by atoms with Crippen LogP contribution in [0.3, 0.4) is 0 Å². The molecule has 4 nitrogen and oxygen atoms in total. The summed E-state index contributed by atoms with van der Waals surface area (Å²) in [7, 11) is -1.44. The van der Waals surface area contributed by atoms with Crippen molar-refractivity contribution in [1.29, 1.82) is 0 Å². The van der Waals surface area contributed by atoms with Gasteiger partial charge in [0.25, 0.3) is 0 Å². The van der Waals surface area contributed by atoms with Crippen LogP contribution in [0.5, 0.6) is 0 Å². The summed E-state index contributed by atoms with van der Waals surface area (Å²) in [4.78, 5) is 0. The van der Waals surface area contributed by atoms with Gasteiger partial charge >= 0.3 is 0 Å². The van der Waals surface area contributed by atoms with Crippen molar-refractivity contribution >= 4 is 10.0 Å².